The van der Waals surface area contributed by atoms with Crippen LogP contribution >= 0.6 is 0 Å². The predicted molar refractivity (Wildman–Crippen MR) is 82.3 cm³/mol. The largest absolute Gasteiger partial charge is 0.399 e. The molecule has 0 spiro atoms. The highest BCUT2D eigenvalue weighted by atomic mass is 32.2. The molecule has 5 nitrogen and oxygen atoms in total. The lowest BCUT2D eigenvalue weighted by molar-refractivity contribution is -0.116. The molecule has 0 saturated carbocycles. The van der Waals surface area contributed by atoms with Crippen LogP contribution in [0.2, 0.25) is 0 Å². The van der Waals surface area contributed by atoms with Gasteiger partial charge < -0.3 is 11.1 Å². The van der Waals surface area contributed by atoms with E-state index in [1.807, 2.05) is 0 Å². The number of anilines is 2. The number of nitrogens with one attached hydrogen (secondary N) is 1. The molecule has 0 aliphatic rings. The Hall–Kier alpha value is -1.56. The zero-order valence-corrected chi connectivity index (χ0v) is 13.0. The lowest BCUT2D eigenvalue weighted by Gasteiger charge is -2.18. The van der Waals surface area contributed by atoms with E-state index in [0.29, 0.717) is 17.8 Å². The summed E-state index contributed by atoms with van der Waals surface area (Å²) in [7, 11) is -3.17. The molecule has 0 heterocycles. The van der Waals surface area contributed by atoms with Crippen LogP contribution in [0, 0.1) is 0 Å². The number of carbonyl (C=O) groups excluding carboxylic acids is 1. The summed E-state index contributed by atoms with van der Waals surface area (Å²) in [5.74, 6) is -0.194. The van der Waals surface area contributed by atoms with Crippen LogP contribution in [-0.2, 0) is 14.6 Å². The molecule has 1 amide bonds. The first-order valence-electron chi connectivity index (χ1n) is 6.49. The summed E-state index contributed by atoms with van der Waals surface area (Å²) in [6.07, 6.45) is 0.484. The molecule has 6 heteroatoms. The molecule has 0 fully saturated rings. The summed E-state index contributed by atoms with van der Waals surface area (Å²) in [6, 6.07) is 6.87. The first-order valence-corrected chi connectivity index (χ1v) is 8.15. The number of amides is 1. The number of nitrogen functional groups attached to an aromatic ring is 1. The van der Waals surface area contributed by atoms with Crippen LogP contribution < -0.4 is 11.1 Å². The molecular weight excluding hydrogens is 276 g/mol. The molecule has 112 valence electrons. The lowest BCUT2D eigenvalue weighted by atomic mass is 10.2. The van der Waals surface area contributed by atoms with Crippen molar-refractivity contribution in [2.75, 3.05) is 16.8 Å². The van der Waals surface area contributed by atoms with Gasteiger partial charge in [-0.15, -0.1) is 0 Å². The highest BCUT2D eigenvalue weighted by Crippen LogP contribution is 2.17. The summed E-state index contributed by atoms with van der Waals surface area (Å²) in [6.45, 7) is 4.99. The number of hydrogen-bond acceptors (Lipinski definition) is 4. The molecule has 20 heavy (non-hydrogen) atoms. The maximum Gasteiger partial charge on any atom is 0.224 e. The van der Waals surface area contributed by atoms with Crippen molar-refractivity contribution >= 4 is 27.1 Å². The molecule has 3 N–H and O–H groups in total. The standard InChI is InChI=1S/C14H22N2O3S/c1-14(2,3)20(18,19)9-5-8-13(17)16-12-7-4-6-11(15)10-12/h4,6-7,10H,5,8-9,15H2,1-3H3,(H,16,17). The molecule has 0 aliphatic carbocycles. The predicted octanol–water partition coefficient (Wildman–Crippen LogP) is 2.20. The van der Waals surface area contributed by atoms with Gasteiger partial charge in [-0.25, -0.2) is 8.42 Å². The topological polar surface area (TPSA) is 89.3 Å². The summed E-state index contributed by atoms with van der Waals surface area (Å²) >= 11 is 0. The Labute approximate surface area is 120 Å². The van der Waals surface area contributed by atoms with E-state index < -0.39 is 14.6 Å². The lowest BCUT2D eigenvalue weighted by Crippen LogP contribution is -2.30. The minimum Gasteiger partial charge on any atom is -0.399 e. The van der Waals surface area contributed by atoms with Crippen molar-refractivity contribution in [3.8, 4) is 0 Å². The Morgan fingerprint density at radius 1 is 1.30 bits per heavy atom. The highest BCUT2D eigenvalue weighted by Gasteiger charge is 2.28. The SMILES string of the molecule is CC(C)(C)S(=O)(=O)CCCC(=O)Nc1cccc(N)c1. The smallest absolute Gasteiger partial charge is 0.224 e. The van der Waals surface area contributed by atoms with Crippen molar-refractivity contribution < 1.29 is 13.2 Å². The summed E-state index contributed by atoms with van der Waals surface area (Å²) < 4.78 is 23.0. The third kappa shape index (κ3) is 4.85. The van der Waals surface area contributed by atoms with Crippen molar-refractivity contribution in [3.63, 3.8) is 0 Å². The van der Waals surface area contributed by atoms with Crippen molar-refractivity contribution in [1.82, 2.24) is 0 Å². The summed E-state index contributed by atoms with van der Waals surface area (Å²) in [5, 5.41) is 2.69. The third-order valence-electron chi connectivity index (χ3n) is 2.92. The normalized spacial score (nSPS) is 12.2. The van der Waals surface area contributed by atoms with E-state index in [1.165, 1.54) is 0 Å². The van der Waals surface area contributed by atoms with E-state index in [4.69, 9.17) is 5.73 Å². The van der Waals surface area contributed by atoms with Gasteiger partial charge in [-0.05, 0) is 45.4 Å². The second-order valence-electron chi connectivity index (χ2n) is 5.71. The Balaban J connectivity index is 2.46. The van der Waals surface area contributed by atoms with Gasteiger partial charge in [0.1, 0.15) is 0 Å². The number of hydrogen-bond donors (Lipinski definition) is 2. The second kappa shape index (κ2) is 6.26. The van der Waals surface area contributed by atoms with Gasteiger partial charge in [-0.2, -0.15) is 0 Å². The molecule has 0 radical (unpaired) electrons. The van der Waals surface area contributed by atoms with Gasteiger partial charge >= 0.3 is 0 Å². The minimum absolute atomic E-state index is 0.0147. The van der Waals surface area contributed by atoms with Crippen molar-refractivity contribution in [2.45, 2.75) is 38.4 Å². The van der Waals surface area contributed by atoms with E-state index in [2.05, 4.69) is 5.32 Å². The van der Waals surface area contributed by atoms with Crippen molar-refractivity contribution in [1.29, 1.82) is 0 Å². The van der Waals surface area contributed by atoms with Crippen LogP contribution in [0.25, 0.3) is 0 Å². The first-order chi connectivity index (χ1) is 9.12. The van der Waals surface area contributed by atoms with Gasteiger partial charge in [0.05, 0.1) is 10.5 Å². The molecule has 0 aliphatic heterocycles. The van der Waals surface area contributed by atoms with Crippen LogP contribution in [-0.4, -0.2) is 24.8 Å². The van der Waals surface area contributed by atoms with Crippen LogP contribution in [0.1, 0.15) is 33.6 Å². The van der Waals surface area contributed by atoms with E-state index >= 15 is 0 Å². The zero-order chi connectivity index (χ0) is 15.4. The maximum absolute atomic E-state index is 11.9. The molecule has 0 aromatic heterocycles. The van der Waals surface area contributed by atoms with Gasteiger partial charge in [0.2, 0.25) is 5.91 Å². The third-order valence-corrected chi connectivity index (χ3v) is 5.61. The number of rotatable bonds is 5. The average molecular weight is 298 g/mol. The van der Waals surface area contributed by atoms with E-state index in [9.17, 15) is 13.2 Å². The average Bonchev–Trinajstić information content (AvgIpc) is 2.26. The molecule has 1 aromatic carbocycles. The molecule has 0 saturated heterocycles. The molecule has 1 rings (SSSR count). The summed E-state index contributed by atoms with van der Waals surface area (Å²) in [4.78, 5) is 11.7. The fourth-order valence-corrected chi connectivity index (χ4v) is 2.71. The minimum atomic E-state index is -3.17. The summed E-state index contributed by atoms with van der Waals surface area (Å²) in [5.41, 5.74) is 6.80. The fraction of sp³-hybridized carbons (Fsp3) is 0.500. The maximum atomic E-state index is 11.9. The van der Waals surface area contributed by atoms with Crippen molar-refractivity contribution in [2.24, 2.45) is 0 Å². The van der Waals surface area contributed by atoms with Gasteiger partial charge in [0.15, 0.2) is 9.84 Å². The fourth-order valence-electron chi connectivity index (χ4n) is 1.57. The Bertz CT molecular complexity index is 574. The quantitative estimate of drug-likeness (QED) is 0.815. The van der Waals surface area contributed by atoms with E-state index in [-0.39, 0.29) is 18.1 Å². The van der Waals surface area contributed by atoms with Crippen LogP contribution in [0.4, 0.5) is 11.4 Å². The first kappa shape index (κ1) is 16.5. The molecule has 0 atom stereocenters. The Morgan fingerprint density at radius 2 is 1.95 bits per heavy atom. The number of nitrogens with two attached hydrogens (primary N) is 1. The number of sulfone groups is 1. The molecular formula is C14H22N2O3S. The Kier molecular flexibility index (Phi) is 5.16. The monoisotopic (exact) mass is 298 g/mol. The van der Waals surface area contributed by atoms with Gasteiger partial charge in [0.25, 0.3) is 0 Å². The second-order valence-corrected chi connectivity index (χ2v) is 8.57. The van der Waals surface area contributed by atoms with Gasteiger partial charge in [-0.1, -0.05) is 6.07 Å². The number of benzene rings is 1. The molecule has 0 unspecified atom stereocenters. The van der Waals surface area contributed by atoms with Crippen LogP contribution in [0.5, 0.6) is 0 Å². The van der Waals surface area contributed by atoms with Crippen LogP contribution in [0.3, 0.4) is 0 Å². The Morgan fingerprint density at radius 3 is 2.50 bits per heavy atom. The molecule has 1 aromatic rings. The van der Waals surface area contributed by atoms with Crippen molar-refractivity contribution in [3.05, 3.63) is 24.3 Å². The van der Waals surface area contributed by atoms with Crippen LogP contribution in [0.15, 0.2) is 24.3 Å². The zero-order valence-electron chi connectivity index (χ0n) is 12.1. The van der Waals surface area contributed by atoms with Gasteiger partial charge in [0, 0.05) is 17.8 Å². The van der Waals surface area contributed by atoms with E-state index in [0.717, 1.165) is 0 Å². The molecule has 0 bridgehead atoms. The van der Waals surface area contributed by atoms with E-state index in [1.54, 1.807) is 45.0 Å². The number of carbonyl (C=O) groups is 1. The highest BCUT2D eigenvalue weighted by molar-refractivity contribution is 7.92. The van der Waals surface area contributed by atoms with Gasteiger partial charge in [-0.3, -0.25) is 4.79 Å².